The van der Waals surface area contributed by atoms with Crippen LogP contribution in [0.3, 0.4) is 0 Å². The van der Waals surface area contributed by atoms with Crippen molar-refractivity contribution in [3.63, 3.8) is 0 Å². The molecule has 0 aliphatic heterocycles. The van der Waals surface area contributed by atoms with Crippen molar-refractivity contribution >= 4 is 28.9 Å². The number of hydrogen-bond acceptors (Lipinski definition) is 3. The van der Waals surface area contributed by atoms with Crippen LogP contribution < -0.4 is 5.32 Å². The summed E-state index contributed by atoms with van der Waals surface area (Å²) in [6.07, 6.45) is 3.20. The number of aryl methyl sites for hydroxylation is 1. The summed E-state index contributed by atoms with van der Waals surface area (Å²) in [5, 5.41) is 23.0. The van der Waals surface area contributed by atoms with Gasteiger partial charge in [0.2, 0.25) is 0 Å². The van der Waals surface area contributed by atoms with Gasteiger partial charge in [0.1, 0.15) is 12.1 Å². The highest BCUT2D eigenvalue weighted by atomic mass is 35.5. The SMILES string of the molecule is N#Cc1c(Cl)c(CCCc2ccccc2)c(NCCc2ccccc2)c(Cl)c1C#N. The van der Waals surface area contributed by atoms with E-state index in [1.807, 2.05) is 48.5 Å². The lowest BCUT2D eigenvalue weighted by Crippen LogP contribution is -2.10. The van der Waals surface area contributed by atoms with Crippen molar-refractivity contribution in [2.75, 3.05) is 11.9 Å². The fourth-order valence-corrected chi connectivity index (χ4v) is 4.10. The topological polar surface area (TPSA) is 59.6 Å². The summed E-state index contributed by atoms with van der Waals surface area (Å²) in [4.78, 5) is 0. The summed E-state index contributed by atoms with van der Waals surface area (Å²) in [5.74, 6) is 0. The number of anilines is 1. The van der Waals surface area contributed by atoms with Crippen molar-refractivity contribution in [1.29, 1.82) is 10.5 Å². The van der Waals surface area contributed by atoms with E-state index in [0.717, 1.165) is 24.8 Å². The molecular weight excluding hydrogens is 413 g/mol. The van der Waals surface area contributed by atoms with Gasteiger partial charge >= 0.3 is 0 Å². The van der Waals surface area contributed by atoms with Gasteiger partial charge in [-0.1, -0.05) is 83.9 Å². The maximum Gasteiger partial charge on any atom is 0.102 e. The van der Waals surface area contributed by atoms with Crippen molar-refractivity contribution in [2.24, 2.45) is 0 Å². The molecule has 5 heteroatoms. The zero-order chi connectivity index (χ0) is 21.3. The molecule has 0 atom stereocenters. The van der Waals surface area contributed by atoms with Crippen molar-refractivity contribution < 1.29 is 0 Å². The second kappa shape index (κ2) is 10.7. The van der Waals surface area contributed by atoms with Gasteiger partial charge in [0.05, 0.1) is 26.9 Å². The molecule has 0 aliphatic carbocycles. The third-order valence-corrected chi connectivity index (χ3v) is 5.79. The van der Waals surface area contributed by atoms with Crippen LogP contribution in [-0.2, 0) is 19.3 Å². The molecule has 0 aromatic heterocycles. The standard InChI is InChI=1S/C25H21Cl2N3/c26-23-20(13-7-12-18-8-3-1-4-9-18)25(24(27)22(17-29)21(23)16-28)30-15-14-19-10-5-2-6-11-19/h1-6,8-11,30H,7,12-15H2. The van der Waals surface area contributed by atoms with Gasteiger partial charge in [-0.25, -0.2) is 0 Å². The Labute approximate surface area is 187 Å². The summed E-state index contributed by atoms with van der Waals surface area (Å²) in [6, 6.07) is 24.4. The summed E-state index contributed by atoms with van der Waals surface area (Å²) < 4.78 is 0. The fraction of sp³-hybridized carbons (Fsp3) is 0.200. The minimum Gasteiger partial charge on any atom is -0.383 e. The maximum atomic E-state index is 9.53. The van der Waals surface area contributed by atoms with E-state index in [0.29, 0.717) is 23.7 Å². The highest BCUT2D eigenvalue weighted by molar-refractivity contribution is 6.38. The number of halogens is 2. The quantitative estimate of drug-likeness (QED) is 0.436. The minimum absolute atomic E-state index is 0.123. The van der Waals surface area contributed by atoms with Crippen LogP contribution in [0.15, 0.2) is 60.7 Å². The molecule has 0 radical (unpaired) electrons. The molecule has 1 N–H and O–H groups in total. The average molecular weight is 434 g/mol. The van der Waals surface area contributed by atoms with E-state index in [9.17, 15) is 10.5 Å². The summed E-state index contributed by atoms with van der Waals surface area (Å²) in [5.41, 5.74) is 4.16. The van der Waals surface area contributed by atoms with Crippen LogP contribution in [0.5, 0.6) is 0 Å². The van der Waals surface area contributed by atoms with Crippen molar-refractivity contribution in [1.82, 2.24) is 0 Å². The number of nitrogens with one attached hydrogen (secondary N) is 1. The summed E-state index contributed by atoms with van der Waals surface area (Å²) in [6.45, 7) is 0.641. The lowest BCUT2D eigenvalue weighted by Gasteiger charge is -2.18. The molecule has 0 aliphatic rings. The predicted molar refractivity (Wildman–Crippen MR) is 123 cm³/mol. The van der Waals surface area contributed by atoms with Gasteiger partial charge in [-0.2, -0.15) is 10.5 Å². The van der Waals surface area contributed by atoms with E-state index < -0.39 is 0 Å². The average Bonchev–Trinajstić information content (AvgIpc) is 2.78. The highest BCUT2D eigenvalue weighted by Crippen LogP contribution is 2.39. The molecular formula is C25H21Cl2N3. The zero-order valence-electron chi connectivity index (χ0n) is 16.5. The molecule has 0 unspecified atom stereocenters. The number of nitriles is 2. The Kier molecular flexibility index (Phi) is 7.75. The lowest BCUT2D eigenvalue weighted by molar-refractivity contribution is 0.820. The number of rotatable bonds is 8. The van der Waals surface area contributed by atoms with Crippen LogP contribution in [0.1, 0.15) is 34.2 Å². The second-order valence-corrected chi connectivity index (χ2v) is 7.71. The molecule has 0 amide bonds. The minimum atomic E-state index is 0.123. The van der Waals surface area contributed by atoms with E-state index in [2.05, 4.69) is 29.6 Å². The Morgan fingerprint density at radius 1 is 0.700 bits per heavy atom. The molecule has 3 nitrogen and oxygen atoms in total. The molecule has 0 fully saturated rings. The fourth-order valence-electron chi connectivity index (χ4n) is 3.46. The van der Waals surface area contributed by atoms with E-state index >= 15 is 0 Å². The van der Waals surface area contributed by atoms with Crippen LogP contribution in [0.4, 0.5) is 5.69 Å². The maximum absolute atomic E-state index is 9.53. The Balaban J connectivity index is 1.85. The molecule has 150 valence electrons. The Hall–Kier alpha value is -2.98. The third-order valence-electron chi connectivity index (χ3n) is 4.99. The molecule has 0 bridgehead atoms. The van der Waals surface area contributed by atoms with Gasteiger partial charge in [0.15, 0.2) is 0 Å². The zero-order valence-corrected chi connectivity index (χ0v) is 18.0. The van der Waals surface area contributed by atoms with Crippen LogP contribution in [0.25, 0.3) is 0 Å². The van der Waals surface area contributed by atoms with Gasteiger partial charge in [-0.15, -0.1) is 0 Å². The Bertz CT molecular complexity index is 993. The van der Waals surface area contributed by atoms with Crippen molar-refractivity contribution in [3.05, 3.63) is 98.5 Å². The third kappa shape index (κ3) is 5.14. The largest absolute Gasteiger partial charge is 0.383 e. The lowest BCUT2D eigenvalue weighted by atomic mass is 9.97. The Morgan fingerprint density at radius 3 is 1.80 bits per heavy atom. The smallest absolute Gasteiger partial charge is 0.102 e. The molecule has 3 rings (SSSR count). The van der Waals surface area contributed by atoms with Crippen LogP contribution >= 0.6 is 23.2 Å². The number of benzene rings is 3. The van der Waals surface area contributed by atoms with Crippen molar-refractivity contribution in [2.45, 2.75) is 25.7 Å². The first-order valence-electron chi connectivity index (χ1n) is 9.81. The monoisotopic (exact) mass is 433 g/mol. The Morgan fingerprint density at radius 2 is 1.23 bits per heavy atom. The van der Waals surface area contributed by atoms with E-state index in [1.54, 1.807) is 0 Å². The highest BCUT2D eigenvalue weighted by Gasteiger charge is 2.22. The van der Waals surface area contributed by atoms with Gasteiger partial charge in [0, 0.05) is 6.54 Å². The molecule has 0 spiro atoms. The second-order valence-electron chi connectivity index (χ2n) is 6.96. The molecule has 3 aromatic carbocycles. The van der Waals surface area contributed by atoms with Gasteiger partial charge in [-0.05, 0) is 42.4 Å². The van der Waals surface area contributed by atoms with Crippen molar-refractivity contribution in [3.8, 4) is 12.1 Å². The molecule has 0 saturated heterocycles. The summed E-state index contributed by atoms with van der Waals surface area (Å²) in [7, 11) is 0. The van der Waals surface area contributed by atoms with Gasteiger partial charge in [-0.3, -0.25) is 0 Å². The van der Waals surface area contributed by atoms with Crippen LogP contribution in [0.2, 0.25) is 10.0 Å². The first-order chi connectivity index (χ1) is 14.7. The first-order valence-corrected chi connectivity index (χ1v) is 10.6. The first kappa shape index (κ1) is 21.7. The van der Waals surface area contributed by atoms with E-state index in [4.69, 9.17) is 23.2 Å². The number of nitrogens with zero attached hydrogens (tertiary/aromatic N) is 2. The molecule has 0 heterocycles. The van der Waals surface area contributed by atoms with E-state index in [-0.39, 0.29) is 16.1 Å². The van der Waals surface area contributed by atoms with Gasteiger partial charge < -0.3 is 5.32 Å². The van der Waals surface area contributed by atoms with E-state index in [1.165, 1.54) is 11.1 Å². The number of hydrogen-bond donors (Lipinski definition) is 1. The molecule has 3 aromatic rings. The normalized spacial score (nSPS) is 10.3. The molecule has 0 saturated carbocycles. The predicted octanol–water partition coefficient (Wildman–Crippen LogP) is 6.57. The van der Waals surface area contributed by atoms with Crippen LogP contribution in [-0.4, -0.2) is 6.54 Å². The van der Waals surface area contributed by atoms with Gasteiger partial charge in [0.25, 0.3) is 0 Å². The molecule has 30 heavy (non-hydrogen) atoms. The van der Waals surface area contributed by atoms with Crippen LogP contribution in [0, 0.1) is 22.7 Å². The summed E-state index contributed by atoms with van der Waals surface area (Å²) >= 11 is 13.1.